The minimum absolute atomic E-state index is 0.291. The molecule has 3 N–H and O–H groups in total. The zero-order chi connectivity index (χ0) is 24.7. The van der Waals surface area contributed by atoms with E-state index in [1.165, 1.54) is 6.33 Å². The van der Waals surface area contributed by atoms with Gasteiger partial charge in [-0.05, 0) is 32.9 Å². The summed E-state index contributed by atoms with van der Waals surface area (Å²) < 4.78 is 32.0. The highest BCUT2D eigenvalue weighted by Crippen LogP contribution is 2.44. The van der Waals surface area contributed by atoms with Crippen molar-refractivity contribution in [3.8, 4) is 18.1 Å². The lowest BCUT2D eigenvalue weighted by Gasteiger charge is -2.25. The Morgan fingerprint density at radius 2 is 2.00 bits per heavy atom. The highest BCUT2D eigenvalue weighted by molar-refractivity contribution is 7.57. The Morgan fingerprint density at radius 1 is 1.26 bits per heavy atom. The predicted molar refractivity (Wildman–Crippen MR) is 127 cm³/mol. The maximum absolute atomic E-state index is 13.7. The third-order valence-corrected chi connectivity index (χ3v) is 6.15. The van der Waals surface area contributed by atoms with Gasteiger partial charge in [0.2, 0.25) is 0 Å². The van der Waals surface area contributed by atoms with Gasteiger partial charge in [-0.25, -0.2) is 24.5 Å². The summed E-state index contributed by atoms with van der Waals surface area (Å²) in [6.45, 7) is 5.44. The largest absolute Gasteiger partial charge is 0.461 e. The number of terminal acetylenes is 1. The molecule has 0 spiro atoms. The van der Waals surface area contributed by atoms with Gasteiger partial charge in [-0.1, -0.05) is 24.1 Å². The third-order valence-electron chi connectivity index (χ3n) is 4.50. The highest BCUT2D eigenvalue weighted by Gasteiger charge is 2.33. The van der Waals surface area contributed by atoms with Crippen molar-refractivity contribution in [1.82, 2.24) is 24.8 Å². The van der Waals surface area contributed by atoms with E-state index in [1.807, 2.05) is 0 Å². The number of nitrogens with zero attached hydrogens (tertiary/aromatic N) is 4. The molecule has 0 radical (unpaired) electrons. The normalized spacial score (nSPS) is 14.8. The van der Waals surface area contributed by atoms with Crippen molar-refractivity contribution in [3.05, 3.63) is 42.9 Å². The third kappa shape index (κ3) is 6.54. The average molecular weight is 486 g/mol. The van der Waals surface area contributed by atoms with Crippen LogP contribution < -0.4 is 15.3 Å². The first kappa shape index (κ1) is 25.2. The molecule has 0 bridgehead atoms. The number of aromatic nitrogens is 4. The quantitative estimate of drug-likeness (QED) is 0.236. The van der Waals surface area contributed by atoms with E-state index in [4.69, 9.17) is 26.2 Å². The van der Waals surface area contributed by atoms with E-state index in [2.05, 4.69) is 26.1 Å². The number of ether oxygens (including phenoxy) is 2. The molecule has 0 amide bonds. The Bertz CT molecular complexity index is 1210. The number of fused-ring (bicyclic) bond motifs is 1. The number of hydrogen-bond acceptors (Lipinski definition) is 9. The van der Waals surface area contributed by atoms with E-state index in [0.717, 1.165) is 0 Å². The van der Waals surface area contributed by atoms with Crippen molar-refractivity contribution in [3.63, 3.8) is 0 Å². The number of carbonyl (C=O) groups is 1. The number of carbonyl (C=O) groups excluding carboxylic acids is 1. The van der Waals surface area contributed by atoms with Gasteiger partial charge in [-0.3, -0.25) is 4.57 Å². The SMILES string of the molecule is C#CC(NP(=O)(COC(C)Cn1ncc2c(N)ncnc21)Oc1ccccc1)C(=O)OC(C)C. The molecular formula is C22H27N6O5P. The van der Waals surface area contributed by atoms with Gasteiger partial charge in [0, 0.05) is 0 Å². The Kier molecular flexibility index (Phi) is 8.23. The summed E-state index contributed by atoms with van der Waals surface area (Å²) in [5.74, 6) is 2.18. The molecule has 0 saturated heterocycles. The fourth-order valence-electron chi connectivity index (χ4n) is 2.96. The van der Waals surface area contributed by atoms with Gasteiger partial charge in [0.1, 0.15) is 24.2 Å². The molecule has 3 atom stereocenters. The van der Waals surface area contributed by atoms with E-state index in [-0.39, 0.29) is 6.35 Å². The van der Waals surface area contributed by atoms with E-state index < -0.39 is 31.7 Å². The molecule has 0 saturated carbocycles. The molecular weight excluding hydrogens is 459 g/mol. The first-order valence-electron chi connectivity index (χ1n) is 10.5. The van der Waals surface area contributed by atoms with Gasteiger partial charge >= 0.3 is 13.5 Å². The Hall–Kier alpha value is -3.45. The van der Waals surface area contributed by atoms with Gasteiger partial charge in [0.15, 0.2) is 11.7 Å². The number of nitrogens with two attached hydrogens (primary N) is 1. The minimum Gasteiger partial charge on any atom is -0.461 e. The Morgan fingerprint density at radius 3 is 2.68 bits per heavy atom. The van der Waals surface area contributed by atoms with Crippen LogP contribution in [0.4, 0.5) is 5.82 Å². The van der Waals surface area contributed by atoms with Crippen LogP contribution in [0.3, 0.4) is 0 Å². The van der Waals surface area contributed by atoms with Crippen LogP contribution in [0.2, 0.25) is 0 Å². The topological polar surface area (TPSA) is 143 Å². The molecule has 3 unspecified atom stereocenters. The number of anilines is 1. The number of nitrogen functional groups attached to an aromatic ring is 1. The Balaban J connectivity index is 1.73. The summed E-state index contributed by atoms with van der Waals surface area (Å²) in [6.07, 6.45) is 7.20. The van der Waals surface area contributed by atoms with Crippen LogP contribution in [0.15, 0.2) is 42.9 Å². The number of esters is 1. The van der Waals surface area contributed by atoms with Crippen LogP contribution in [0.1, 0.15) is 20.8 Å². The monoisotopic (exact) mass is 486 g/mol. The highest BCUT2D eigenvalue weighted by atomic mass is 31.2. The first-order chi connectivity index (χ1) is 16.2. The molecule has 180 valence electrons. The summed E-state index contributed by atoms with van der Waals surface area (Å²) in [7, 11) is -3.80. The molecule has 11 nitrogen and oxygen atoms in total. The number of hydrogen-bond donors (Lipinski definition) is 2. The second kappa shape index (κ2) is 11.1. The fraction of sp³-hybridized carbons (Fsp3) is 0.364. The van der Waals surface area contributed by atoms with Crippen molar-refractivity contribution in [2.24, 2.45) is 0 Å². The van der Waals surface area contributed by atoms with Gasteiger partial charge in [-0.15, -0.1) is 6.42 Å². The summed E-state index contributed by atoms with van der Waals surface area (Å²) >= 11 is 0. The second-order valence-corrected chi connectivity index (χ2v) is 9.77. The summed E-state index contributed by atoms with van der Waals surface area (Å²) in [6, 6.07) is 7.23. The summed E-state index contributed by atoms with van der Waals surface area (Å²) in [4.78, 5) is 20.5. The molecule has 1 aromatic carbocycles. The van der Waals surface area contributed by atoms with Crippen LogP contribution in [-0.2, 0) is 25.4 Å². The molecule has 2 aromatic heterocycles. The van der Waals surface area contributed by atoms with Gasteiger partial charge in [0.25, 0.3) is 0 Å². The maximum Gasteiger partial charge on any atom is 0.343 e. The lowest BCUT2D eigenvalue weighted by atomic mass is 10.3. The van der Waals surface area contributed by atoms with Crippen molar-refractivity contribution in [2.75, 3.05) is 12.1 Å². The number of para-hydroxylation sites is 1. The number of nitrogens with one attached hydrogen (secondary N) is 1. The van der Waals surface area contributed by atoms with Crippen LogP contribution in [0.25, 0.3) is 11.0 Å². The van der Waals surface area contributed by atoms with E-state index in [0.29, 0.717) is 29.1 Å². The molecule has 34 heavy (non-hydrogen) atoms. The summed E-state index contributed by atoms with van der Waals surface area (Å²) in [5.41, 5.74) is 6.40. The van der Waals surface area contributed by atoms with Crippen LogP contribution in [0, 0.1) is 12.3 Å². The zero-order valence-electron chi connectivity index (χ0n) is 19.1. The van der Waals surface area contributed by atoms with Gasteiger partial charge in [0.05, 0.1) is 30.3 Å². The molecule has 3 rings (SSSR count). The molecule has 0 aliphatic heterocycles. The van der Waals surface area contributed by atoms with Crippen molar-refractivity contribution in [2.45, 2.75) is 45.6 Å². The summed E-state index contributed by atoms with van der Waals surface area (Å²) in [5, 5.41) is 7.51. The number of rotatable bonds is 11. The lowest BCUT2D eigenvalue weighted by molar-refractivity contribution is -0.147. The molecule has 12 heteroatoms. The smallest absolute Gasteiger partial charge is 0.343 e. The van der Waals surface area contributed by atoms with Crippen LogP contribution in [0.5, 0.6) is 5.75 Å². The van der Waals surface area contributed by atoms with Gasteiger partial charge in [-0.2, -0.15) is 5.10 Å². The fourth-order valence-corrected chi connectivity index (χ4v) is 4.63. The second-order valence-electron chi connectivity index (χ2n) is 7.72. The first-order valence-corrected chi connectivity index (χ1v) is 12.3. The van der Waals surface area contributed by atoms with E-state index in [1.54, 1.807) is 62.0 Å². The van der Waals surface area contributed by atoms with Gasteiger partial charge < -0.3 is 19.7 Å². The molecule has 3 aromatic rings. The predicted octanol–water partition coefficient (Wildman–Crippen LogP) is 2.59. The standard InChI is InChI=1S/C22H27N6O5P/c1-5-19(22(29)32-15(2)3)27-34(30,33-17-9-7-6-8-10-17)14-31-16(4)12-28-21-18(11-26-28)20(23)24-13-25-21/h1,6-11,13,15-16,19H,12,14H2,2-4H3,(H,27,30)(H2,23,24,25). The molecule has 0 aliphatic carbocycles. The lowest BCUT2D eigenvalue weighted by Crippen LogP contribution is -2.38. The zero-order valence-corrected chi connectivity index (χ0v) is 20.0. The average Bonchev–Trinajstić information content (AvgIpc) is 3.20. The van der Waals surface area contributed by atoms with E-state index in [9.17, 15) is 9.36 Å². The number of benzene rings is 1. The molecule has 0 aliphatic rings. The minimum atomic E-state index is -3.80. The van der Waals surface area contributed by atoms with Crippen molar-refractivity contribution in [1.29, 1.82) is 0 Å². The van der Waals surface area contributed by atoms with Crippen LogP contribution >= 0.6 is 7.52 Å². The van der Waals surface area contributed by atoms with Crippen molar-refractivity contribution < 1.29 is 23.4 Å². The van der Waals surface area contributed by atoms with E-state index >= 15 is 0 Å². The van der Waals surface area contributed by atoms with Crippen molar-refractivity contribution >= 4 is 30.3 Å². The van der Waals surface area contributed by atoms with Crippen LogP contribution in [-0.4, -0.2) is 50.3 Å². The molecule has 2 heterocycles. The molecule has 0 fully saturated rings. The Labute approximate surface area is 197 Å². The maximum atomic E-state index is 13.7.